The molecule has 0 unspecified atom stereocenters. The number of methoxy groups -OCH3 is 1. The monoisotopic (exact) mass is 267 g/mol. The van der Waals surface area contributed by atoms with Crippen LogP contribution in [-0.4, -0.2) is 23.6 Å². The first-order valence-electron chi connectivity index (χ1n) is 6.64. The first-order chi connectivity index (χ1) is 9.81. The van der Waals surface area contributed by atoms with Crippen LogP contribution in [0.3, 0.4) is 0 Å². The molecule has 20 heavy (non-hydrogen) atoms. The van der Waals surface area contributed by atoms with Crippen molar-refractivity contribution in [3.05, 3.63) is 48.0 Å². The topological polar surface area (TPSA) is 63.9 Å². The van der Waals surface area contributed by atoms with E-state index in [1.165, 1.54) is 5.56 Å². The molecule has 0 bridgehead atoms. The second-order valence-electron chi connectivity index (χ2n) is 4.68. The molecule has 0 radical (unpaired) electrons. The van der Waals surface area contributed by atoms with Crippen molar-refractivity contribution < 1.29 is 4.74 Å². The summed E-state index contributed by atoms with van der Waals surface area (Å²) < 4.78 is 5.38. The third-order valence-corrected chi connectivity index (χ3v) is 3.34. The average molecular weight is 267 g/mol. The van der Waals surface area contributed by atoms with Crippen molar-refractivity contribution in [3.8, 4) is 17.1 Å². The van der Waals surface area contributed by atoms with E-state index >= 15 is 0 Å². The summed E-state index contributed by atoms with van der Waals surface area (Å²) >= 11 is 0. The first kappa shape index (κ1) is 12.7. The number of fused-ring (bicyclic) bond motifs is 1. The minimum Gasteiger partial charge on any atom is -0.496 e. The van der Waals surface area contributed by atoms with Gasteiger partial charge in [0.15, 0.2) is 0 Å². The number of rotatable bonds is 4. The van der Waals surface area contributed by atoms with Crippen molar-refractivity contribution in [2.24, 2.45) is 5.73 Å². The standard InChI is InChI=1S/C16H17N3O/c1-20-15-5-3-2-4-12(15)16-18-13-7-6-11(8-9-17)10-14(13)19-16/h2-7,10H,8-9,17H2,1H3,(H,18,19). The van der Waals surface area contributed by atoms with Crippen LogP contribution in [0, 0.1) is 0 Å². The van der Waals surface area contributed by atoms with Crippen LogP contribution in [0.4, 0.5) is 0 Å². The van der Waals surface area contributed by atoms with E-state index < -0.39 is 0 Å². The number of aromatic amines is 1. The predicted octanol–water partition coefficient (Wildman–Crippen LogP) is 2.74. The summed E-state index contributed by atoms with van der Waals surface area (Å²) in [6, 6.07) is 14.1. The number of imidazole rings is 1. The molecule has 0 spiro atoms. The maximum atomic E-state index is 5.60. The Labute approximate surface area is 117 Å². The van der Waals surface area contributed by atoms with Gasteiger partial charge in [-0.2, -0.15) is 0 Å². The highest BCUT2D eigenvalue weighted by molar-refractivity contribution is 5.81. The Morgan fingerprint density at radius 2 is 2.05 bits per heavy atom. The molecule has 3 aromatic rings. The number of aromatic nitrogens is 2. The normalized spacial score (nSPS) is 10.9. The minimum absolute atomic E-state index is 0.652. The summed E-state index contributed by atoms with van der Waals surface area (Å²) in [5.41, 5.74) is 9.75. The van der Waals surface area contributed by atoms with Crippen LogP contribution in [0.1, 0.15) is 5.56 Å². The molecular formula is C16H17N3O. The van der Waals surface area contributed by atoms with E-state index in [-0.39, 0.29) is 0 Å². The molecule has 4 nitrogen and oxygen atoms in total. The fraction of sp³-hybridized carbons (Fsp3) is 0.188. The van der Waals surface area contributed by atoms with Gasteiger partial charge in [-0.15, -0.1) is 0 Å². The Morgan fingerprint density at radius 3 is 2.85 bits per heavy atom. The number of hydrogen-bond donors (Lipinski definition) is 2. The molecular weight excluding hydrogens is 250 g/mol. The van der Waals surface area contributed by atoms with Crippen LogP contribution in [-0.2, 0) is 6.42 Å². The lowest BCUT2D eigenvalue weighted by Gasteiger charge is -2.04. The van der Waals surface area contributed by atoms with Crippen LogP contribution < -0.4 is 10.5 Å². The number of benzene rings is 2. The zero-order chi connectivity index (χ0) is 13.9. The lowest BCUT2D eigenvalue weighted by atomic mass is 10.1. The van der Waals surface area contributed by atoms with Gasteiger partial charge in [0.1, 0.15) is 11.6 Å². The Morgan fingerprint density at radius 1 is 1.20 bits per heavy atom. The second-order valence-corrected chi connectivity index (χ2v) is 4.68. The van der Waals surface area contributed by atoms with Gasteiger partial charge in [0.05, 0.1) is 23.7 Å². The van der Waals surface area contributed by atoms with Gasteiger partial charge in [0, 0.05) is 0 Å². The fourth-order valence-corrected chi connectivity index (χ4v) is 2.35. The van der Waals surface area contributed by atoms with Crippen molar-refractivity contribution in [1.29, 1.82) is 0 Å². The molecule has 1 aromatic heterocycles. The highest BCUT2D eigenvalue weighted by atomic mass is 16.5. The highest BCUT2D eigenvalue weighted by Crippen LogP contribution is 2.29. The van der Waals surface area contributed by atoms with Crippen molar-refractivity contribution in [1.82, 2.24) is 9.97 Å². The zero-order valence-electron chi connectivity index (χ0n) is 11.4. The van der Waals surface area contributed by atoms with E-state index in [9.17, 15) is 0 Å². The van der Waals surface area contributed by atoms with Gasteiger partial charge in [-0.3, -0.25) is 0 Å². The molecule has 3 rings (SSSR count). The maximum absolute atomic E-state index is 5.60. The van der Waals surface area contributed by atoms with Crippen LogP contribution in [0.2, 0.25) is 0 Å². The smallest absolute Gasteiger partial charge is 0.142 e. The summed E-state index contributed by atoms with van der Waals surface area (Å²) in [7, 11) is 1.67. The Hall–Kier alpha value is -2.33. The molecule has 0 saturated heterocycles. The number of H-pyrrole nitrogens is 1. The molecule has 3 N–H and O–H groups in total. The maximum Gasteiger partial charge on any atom is 0.142 e. The molecule has 0 amide bonds. The number of nitrogens with zero attached hydrogens (tertiary/aromatic N) is 1. The van der Waals surface area contributed by atoms with Gasteiger partial charge < -0.3 is 15.5 Å². The number of hydrogen-bond acceptors (Lipinski definition) is 3. The summed E-state index contributed by atoms with van der Waals surface area (Å²) in [5, 5.41) is 0. The molecule has 0 aliphatic carbocycles. The number of nitrogens with one attached hydrogen (secondary N) is 1. The molecule has 0 fully saturated rings. The van der Waals surface area contributed by atoms with Crippen molar-refractivity contribution >= 4 is 11.0 Å². The quantitative estimate of drug-likeness (QED) is 0.764. The van der Waals surface area contributed by atoms with Gasteiger partial charge in [-0.25, -0.2) is 4.98 Å². The molecule has 0 atom stereocenters. The molecule has 0 aliphatic heterocycles. The lowest BCUT2D eigenvalue weighted by molar-refractivity contribution is 0.416. The summed E-state index contributed by atoms with van der Waals surface area (Å²) in [6.45, 7) is 0.652. The van der Waals surface area contributed by atoms with Crippen LogP contribution in [0.15, 0.2) is 42.5 Å². The number of nitrogens with two attached hydrogens (primary N) is 1. The van der Waals surface area contributed by atoms with E-state index in [0.29, 0.717) is 6.54 Å². The lowest BCUT2D eigenvalue weighted by Crippen LogP contribution is -2.02. The van der Waals surface area contributed by atoms with Crippen molar-refractivity contribution in [3.63, 3.8) is 0 Å². The summed E-state index contributed by atoms with van der Waals surface area (Å²) in [6.07, 6.45) is 0.874. The van der Waals surface area contributed by atoms with Gasteiger partial charge in [-0.05, 0) is 42.8 Å². The van der Waals surface area contributed by atoms with E-state index in [1.54, 1.807) is 7.11 Å². The number of para-hydroxylation sites is 1. The largest absolute Gasteiger partial charge is 0.496 e. The second kappa shape index (κ2) is 5.35. The Bertz CT molecular complexity index is 733. The average Bonchev–Trinajstić information content (AvgIpc) is 2.90. The third-order valence-electron chi connectivity index (χ3n) is 3.34. The van der Waals surface area contributed by atoms with E-state index in [2.05, 4.69) is 22.1 Å². The zero-order valence-corrected chi connectivity index (χ0v) is 11.4. The molecule has 2 aromatic carbocycles. The van der Waals surface area contributed by atoms with Crippen LogP contribution in [0.5, 0.6) is 5.75 Å². The molecule has 1 heterocycles. The van der Waals surface area contributed by atoms with Crippen LogP contribution in [0.25, 0.3) is 22.4 Å². The van der Waals surface area contributed by atoms with Crippen LogP contribution >= 0.6 is 0 Å². The van der Waals surface area contributed by atoms with E-state index in [4.69, 9.17) is 10.5 Å². The first-order valence-corrected chi connectivity index (χ1v) is 6.64. The Balaban J connectivity index is 2.08. The van der Waals surface area contributed by atoms with Gasteiger partial charge in [0.2, 0.25) is 0 Å². The van der Waals surface area contributed by atoms with Gasteiger partial charge >= 0.3 is 0 Å². The SMILES string of the molecule is COc1ccccc1-c1nc2ccc(CCN)cc2[nH]1. The highest BCUT2D eigenvalue weighted by Gasteiger charge is 2.10. The molecule has 4 heteroatoms. The van der Waals surface area contributed by atoms with E-state index in [0.717, 1.165) is 34.6 Å². The van der Waals surface area contributed by atoms with Gasteiger partial charge in [0.25, 0.3) is 0 Å². The fourth-order valence-electron chi connectivity index (χ4n) is 2.35. The van der Waals surface area contributed by atoms with Crippen molar-refractivity contribution in [2.45, 2.75) is 6.42 Å². The summed E-state index contributed by atoms with van der Waals surface area (Å²) in [5.74, 6) is 1.64. The predicted molar refractivity (Wildman–Crippen MR) is 80.8 cm³/mol. The third kappa shape index (κ3) is 2.26. The van der Waals surface area contributed by atoms with E-state index in [1.807, 2.05) is 30.3 Å². The molecule has 0 saturated carbocycles. The van der Waals surface area contributed by atoms with Gasteiger partial charge in [-0.1, -0.05) is 18.2 Å². The Kier molecular flexibility index (Phi) is 3.39. The van der Waals surface area contributed by atoms with Crippen molar-refractivity contribution in [2.75, 3.05) is 13.7 Å². The summed E-state index contributed by atoms with van der Waals surface area (Å²) in [4.78, 5) is 7.98. The number of ether oxygens (including phenoxy) is 1. The minimum atomic E-state index is 0.652. The molecule has 102 valence electrons. The molecule has 0 aliphatic rings.